The van der Waals surface area contributed by atoms with Gasteiger partial charge in [0.25, 0.3) is 0 Å². The summed E-state index contributed by atoms with van der Waals surface area (Å²) in [5.41, 5.74) is 0.937. The highest BCUT2D eigenvalue weighted by molar-refractivity contribution is 14.1. The summed E-state index contributed by atoms with van der Waals surface area (Å²) in [6.45, 7) is 6.08. The summed E-state index contributed by atoms with van der Waals surface area (Å²) >= 11 is 1.98. The second-order valence-electron chi connectivity index (χ2n) is 6.71. The van der Waals surface area contributed by atoms with Crippen LogP contribution in [0.4, 0.5) is 5.82 Å². The van der Waals surface area contributed by atoms with E-state index in [0.29, 0.717) is 27.4 Å². The Morgan fingerprint density at radius 1 is 1.13 bits per heavy atom. The number of hydrogen-bond donors (Lipinski definition) is 1. The molecule has 3 rings (SSSR count). The minimum atomic E-state index is -1.02. The van der Waals surface area contributed by atoms with Crippen molar-refractivity contribution in [2.75, 3.05) is 18.5 Å². The summed E-state index contributed by atoms with van der Waals surface area (Å²) < 4.78 is 24.0. The Hall–Kier alpha value is -2.55. The van der Waals surface area contributed by atoms with Crippen molar-refractivity contribution < 1.29 is 33.3 Å². The van der Waals surface area contributed by atoms with Crippen molar-refractivity contribution in [2.45, 2.75) is 52.2 Å². The third-order valence-electron chi connectivity index (χ3n) is 4.35. The molecule has 0 aromatic carbocycles. The summed E-state index contributed by atoms with van der Waals surface area (Å²) in [5.74, 6) is -1.17. The quantitative estimate of drug-likeness (QED) is 0.231. The molecule has 0 aliphatic carbocycles. The van der Waals surface area contributed by atoms with Crippen LogP contribution in [-0.4, -0.2) is 68.9 Å². The van der Waals surface area contributed by atoms with Crippen molar-refractivity contribution in [3.8, 4) is 0 Å². The maximum Gasteiger partial charge on any atom is 0.303 e. The first-order valence-corrected chi connectivity index (χ1v) is 10.6. The second-order valence-corrected chi connectivity index (χ2v) is 7.68. The lowest BCUT2D eigenvalue weighted by Gasteiger charge is -2.23. The van der Waals surface area contributed by atoms with Crippen LogP contribution in [0.1, 0.15) is 33.9 Å². The smallest absolute Gasteiger partial charge is 0.303 e. The van der Waals surface area contributed by atoms with Crippen molar-refractivity contribution in [3.05, 3.63) is 10.2 Å². The maximum absolute atomic E-state index is 11.8. The molecule has 31 heavy (non-hydrogen) atoms. The highest BCUT2D eigenvalue weighted by Gasteiger charge is 2.51. The predicted octanol–water partition coefficient (Wildman–Crippen LogP) is 1.19. The Kier molecular flexibility index (Phi) is 7.25. The van der Waals surface area contributed by atoms with E-state index < -0.39 is 42.4 Å². The fraction of sp³-hybridized carbons (Fsp3) is 0.556. The Morgan fingerprint density at radius 3 is 2.42 bits per heavy atom. The van der Waals surface area contributed by atoms with Crippen molar-refractivity contribution in [3.63, 3.8) is 0 Å². The zero-order valence-electron chi connectivity index (χ0n) is 17.3. The third kappa shape index (κ3) is 5.20. The largest absolute Gasteiger partial charge is 0.463 e. The number of esters is 3. The molecule has 1 aliphatic rings. The van der Waals surface area contributed by atoms with Gasteiger partial charge in [0.05, 0.1) is 6.33 Å². The molecule has 0 spiro atoms. The number of nitrogens with one attached hydrogen (secondary N) is 1. The lowest BCUT2D eigenvalue weighted by Crippen LogP contribution is -2.40. The molecule has 1 aliphatic heterocycles. The number of nitrogens with zero attached hydrogens (tertiary/aromatic N) is 4. The third-order valence-corrected chi connectivity index (χ3v) is 4.84. The Bertz CT molecular complexity index is 997. The standard InChI is InChI=1S/C18H22IN5O7/c1-5-20-15-12-16(23-18(19)22-15)24(7-21-12)17-14(30-10(4)27)13(29-9(3)26)11(31-17)6-28-8(2)25/h7,11,13-14,17H,5-6H2,1-4H3,(H,20,22,23). The zero-order chi connectivity index (χ0) is 22.7. The molecule has 1 N–H and O–H groups in total. The molecule has 4 atom stereocenters. The van der Waals surface area contributed by atoms with Gasteiger partial charge >= 0.3 is 17.9 Å². The van der Waals surface area contributed by atoms with Crippen molar-refractivity contribution >= 4 is 57.5 Å². The number of rotatable bonds is 7. The lowest BCUT2D eigenvalue weighted by atomic mass is 10.1. The summed E-state index contributed by atoms with van der Waals surface area (Å²) in [4.78, 5) is 48.0. The number of anilines is 1. The van der Waals surface area contributed by atoms with E-state index in [4.69, 9.17) is 18.9 Å². The molecule has 4 unspecified atom stereocenters. The number of aromatic nitrogens is 4. The molecular formula is C18H22IN5O7. The Balaban J connectivity index is 2.05. The summed E-state index contributed by atoms with van der Waals surface area (Å²) in [6.07, 6.45) is -2.34. The number of ether oxygens (including phenoxy) is 4. The van der Waals surface area contributed by atoms with E-state index in [1.165, 1.54) is 27.1 Å². The SMILES string of the molecule is CCNc1nc(I)nc2c1ncn2C1OC(COC(C)=O)C(OC(C)=O)C1OC(C)=O. The van der Waals surface area contributed by atoms with Gasteiger partial charge in [-0.3, -0.25) is 19.0 Å². The molecule has 1 saturated heterocycles. The number of hydrogen-bond acceptors (Lipinski definition) is 11. The molecule has 0 amide bonds. The van der Waals surface area contributed by atoms with Gasteiger partial charge in [-0.25, -0.2) is 15.0 Å². The molecule has 2 aromatic heterocycles. The normalized spacial score (nSPS) is 22.9. The molecule has 168 valence electrons. The van der Waals surface area contributed by atoms with Crippen LogP contribution in [0.25, 0.3) is 11.2 Å². The Morgan fingerprint density at radius 2 is 1.81 bits per heavy atom. The molecule has 12 nitrogen and oxygen atoms in total. The van der Waals surface area contributed by atoms with Crippen LogP contribution in [0.5, 0.6) is 0 Å². The van der Waals surface area contributed by atoms with Gasteiger partial charge in [-0.05, 0) is 6.92 Å². The average molecular weight is 547 g/mol. The molecule has 2 aromatic rings. The van der Waals surface area contributed by atoms with E-state index in [1.807, 2.05) is 29.5 Å². The van der Waals surface area contributed by atoms with E-state index in [-0.39, 0.29) is 6.61 Å². The lowest BCUT2D eigenvalue weighted by molar-refractivity contribution is -0.166. The summed E-state index contributed by atoms with van der Waals surface area (Å²) in [7, 11) is 0. The van der Waals surface area contributed by atoms with E-state index in [1.54, 1.807) is 4.57 Å². The van der Waals surface area contributed by atoms with Crippen LogP contribution >= 0.6 is 22.6 Å². The van der Waals surface area contributed by atoms with E-state index in [9.17, 15) is 14.4 Å². The monoisotopic (exact) mass is 547 g/mol. The second kappa shape index (κ2) is 9.72. The van der Waals surface area contributed by atoms with E-state index >= 15 is 0 Å². The molecule has 0 bridgehead atoms. The number of carbonyl (C=O) groups is 3. The molecule has 3 heterocycles. The molecule has 13 heteroatoms. The van der Waals surface area contributed by atoms with Crippen molar-refractivity contribution in [1.82, 2.24) is 19.5 Å². The highest BCUT2D eigenvalue weighted by atomic mass is 127. The number of imidazole rings is 1. The van der Waals surface area contributed by atoms with Crippen LogP contribution < -0.4 is 5.32 Å². The fourth-order valence-corrected chi connectivity index (χ4v) is 3.75. The van der Waals surface area contributed by atoms with E-state index in [2.05, 4.69) is 20.3 Å². The van der Waals surface area contributed by atoms with Gasteiger partial charge in [0.1, 0.15) is 12.7 Å². The van der Waals surface area contributed by atoms with Gasteiger partial charge in [0, 0.05) is 49.9 Å². The van der Waals surface area contributed by atoms with Crippen LogP contribution in [-0.2, 0) is 33.3 Å². The number of fused-ring (bicyclic) bond motifs is 1. The van der Waals surface area contributed by atoms with Crippen LogP contribution in [0.3, 0.4) is 0 Å². The number of halogens is 1. The topological polar surface area (TPSA) is 144 Å². The predicted molar refractivity (Wildman–Crippen MR) is 114 cm³/mol. The molecule has 0 radical (unpaired) electrons. The van der Waals surface area contributed by atoms with Crippen LogP contribution in [0, 0.1) is 3.83 Å². The molecule has 1 fully saturated rings. The Labute approximate surface area is 191 Å². The molecular weight excluding hydrogens is 525 g/mol. The van der Waals surface area contributed by atoms with Gasteiger partial charge in [-0.2, -0.15) is 0 Å². The summed E-state index contributed by atoms with van der Waals surface area (Å²) in [5, 5.41) is 3.13. The maximum atomic E-state index is 11.8. The van der Waals surface area contributed by atoms with Crippen molar-refractivity contribution in [2.24, 2.45) is 0 Å². The van der Waals surface area contributed by atoms with Gasteiger partial charge in [-0.15, -0.1) is 0 Å². The highest BCUT2D eigenvalue weighted by Crippen LogP contribution is 2.36. The van der Waals surface area contributed by atoms with E-state index in [0.717, 1.165) is 0 Å². The van der Waals surface area contributed by atoms with Gasteiger partial charge in [0.2, 0.25) is 0 Å². The first-order chi connectivity index (χ1) is 14.7. The first-order valence-electron chi connectivity index (χ1n) is 9.48. The summed E-state index contributed by atoms with van der Waals surface area (Å²) in [6, 6.07) is 0. The number of carbonyl (C=O) groups excluding carboxylic acids is 3. The van der Waals surface area contributed by atoms with Crippen molar-refractivity contribution in [1.29, 1.82) is 0 Å². The fourth-order valence-electron chi connectivity index (χ4n) is 3.28. The van der Waals surface area contributed by atoms with Crippen LogP contribution in [0.15, 0.2) is 6.33 Å². The minimum absolute atomic E-state index is 0.191. The van der Waals surface area contributed by atoms with Gasteiger partial charge < -0.3 is 24.3 Å². The first kappa shape index (κ1) is 23.1. The van der Waals surface area contributed by atoms with Gasteiger partial charge in [-0.1, -0.05) is 0 Å². The zero-order valence-corrected chi connectivity index (χ0v) is 19.5. The van der Waals surface area contributed by atoms with Gasteiger partial charge in [0.15, 0.2) is 39.2 Å². The van der Waals surface area contributed by atoms with Crippen LogP contribution in [0.2, 0.25) is 0 Å². The average Bonchev–Trinajstić information content (AvgIpc) is 3.21. The minimum Gasteiger partial charge on any atom is -0.463 e. The molecule has 0 saturated carbocycles.